The Balaban J connectivity index is 2.10. The molecule has 0 bridgehead atoms. The number of nitro groups is 1. The SMILES string of the molecule is CCC1CCC(Nc2cc([N+](=O)[O-])c(C)cc2C)CC1. The van der Waals surface area contributed by atoms with Crippen LogP contribution in [0.5, 0.6) is 0 Å². The molecule has 1 aliphatic carbocycles. The predicted octanol–water partition coefficient (Wildman–Crippen LogP) is 4.59. The second-order valence-electron chi connectivity index (χ2n) is 5.98. The van der Waals surface area contributed by atoms with Crippen LogP contribution in [0.25, 0.3) is 0 Å². The van der Waals surface area contributed by atoms with E-state index in [1.807, 2.05) is 13.0 Å². The molecule has 0 saturated heterocycles. The summed E-state index contributed by atoms with van der Waals surface area (Å²) < 4.78 is 0. The van der Waals surface area contributed by atoms with Crippen molar-refractivity contribution in [2.75, 3.05) is 5.32 Å². The number of anilines is 1. The van der Waals surface area contributed by atoms with Crippen LogP contribution in [0, 0.1) is 29.9 Å². The lowest BCUT2D eigenvalue weighted by molar-refractivity contribution is -0.385. The molecule has 0 heterocycles. The first-order chi connectivity index (χ1) is 9.51. The molecule has 0 aliphatic heterocycles. The minimum Gasteiger partial charge on any atom is -0.382 e. The molecular weight excluding hydrogens is 252 g/mol. The van der Waals surface area contributed by atoms with Crippen molar-refractivity contribution in [2.24, 2.45) is 5.92 Å². The van der Waals surface area contributed by atoms with E-state index >= 15 is 0 Å². The van der Waals surface area contributed by atoms with Gasteiger partial charge in [0.25, 0.3) is 5.69 Å². The van der Waals surface area contributed by atoms with Gasteiger partial charge in [0.05, 0.1) is 4.92 Å². The number of nitrogens with zero attached hydrogens (tertiary/aromatic N) is 1. The minimum absolute atomic E-state index is 0.209. The van der Waals surface area contributed by atoms with E-state index in [0.717, 1.165) is 22.7 Å². The van der Waals surface area contributed by atoms with Gasteiger partial charge in [-0.15, -0.1) is 0 Å². The molecule has 0 atom stereocenters. The molecule has 20 heavy (non-hydrogen) atoms. The predicted molar refractivity (Wildman–Crippen MR) is 82.2 cm³/mol. The zero-order chi connectivity index (χ0) is 14.7. The fourth-order valence-corrected chi connectivity index (χ4v) is 3.13. The average molecular weight is 276 g/mol. The lowest BCUT2D eigenvalue weighted by Crippen LogP contribution is -2.26. The summed E-state index contributed by atoms with van der Waals surface area (Å²) >= 11 is 0. The smallest absolute Gasteiger partial charge is 0.274 e. The highest BCUT2D eigenvalue weighted by Crippen LogP contribution is 2.31. The van der Waals surface area contributed by atoms with Crippen LogP contribution >= 0.6 is 0 Å². The largest absolute Gasteiger partial charge is 0.382 e. The van der Waals surface area contributed by atoms with Gasteiger partial charge < -0.3 is 5.32 Å². The number of aryl methyl sites for hydroxylation is 2. The third-order valence-electron chi connectivity index (χ3n) is 4.52. The van der Waals surface area contributed by atoms with Gasteiger partial charge >= 0.3 is 0 Å². The van der Waals surface area contributed by atoms with Crippen molar-refractivity contribution in [2.45, 2.75) is 58.9 Å². The first-order valence-corrected chi connectivity index (χ1v) is 7.53. The summed E-state index contributed by atoms with van der Waals surface area (Å²) in [6, 6.07) is 4.05. The van der Waals surface area contributed by atoms with Gasteiger partial charge in [-0.05, 0) is 57.1 Å². The number of hydrogen-bond acceptors (Lipinski definition) is 3. The Hall–Kier alpha value is -1.58. The summed E-state index contributed by atoms with van der Waals surface area (Å²) in [7, 11) is 0. The van der Waals surface area contributed by atoms with Gasteiger partial charge in [0.15, 0.2) is 0 Å². The van der Waals surface area contributed by atoms with E-state index in [1.54, 1.807) is 13.0 Å². The first-order valence-electron chi connectivity index (χ1n) is 7.53. The molecule has 1 aliphatic rings. The third kappa shape index (κ3) is 3.30. The summed E-state index contributed by atoms with van der Waals surface area (Å²) in [4.78, 5) is 10.7. The molecule has 2 rings (SSSR count). The summed E-state index contributed by atoms with van der Waals surface area (Å²) in [6.45, 7) is 6.06. The number of hydrogen-bond donors (Lipinski definition) is 1. The number of nitro benzene ring substituents is 1. The van der Waals surface area contributed by atoms with E-state index in [0.29, 0.717) is 6.04 Å². The van der Waals surface area contributed by atoms with Crippen LogP contribution in [-0.4, -0.2) is 11.0 Å². The Bertz CT molecular complexity index is 491. The number of rotatable bonds is 4. The van der Waals surface area contributed by atoms with Crippen LogP contribution in [0.15, 0.2) is 12.1 Å². The van der Waals surface area contributed by atoms with Crippen molar-refractivity contribution in [3.8, 4) is 0 Å². The monoisotopic (exact) mass is 276 g/mol. The lowest BCUT2D eigenvalue weighted by atomic mass is 9.84. The van der Waals surface area contributed by atoms with Crippen LogP contribution in [-0.2, 0) is 0 Å². The third-order valence-corrected chi connectivity index (χ3v) is 4.52. The Morgan fingerprint density at radius 1 is 1.20 bits per heavy atom. The van der Waals surface area contributed by atoms with Crippen molar-refractivity contribution >= 4 is 11.4 Å². The van der Waals surface area contributed by atoms with E-state index in [2.05, 4.69) is 12.2 Å². The van der Waals surface area contributed by atoms with Crippen LogP contribution in [0.4, 0.5) is 11.4 Å². The first kappa shape index (κ1) is 14.8. The van der Waals surface area contributed by atoms with Gasteiger partial charge in [-0.2, -0.15) is 0 Å². The quantitative estimate of drug-likeness (QED) is 0.646. The van der Waals surface area contributed by atoms with E-state index in [9.17, 15) is 10.1 Å². The summed E-state index contributed by atoms with van der Waals surface area (Å²) in [5, 5.41) is 14.5. The normalized spacial score (nSPS) is 22.6. The van der Waals surface area contributed by atoms with Crippen molar-refractivity contribution in [1.82, 2.24) is 0 Å². The Morgan fingerprint density at radius 2 is 1.85 bits per heavy atom. The molecule has 0 unspecified atom stereocenters. The average Bonchev–Trinajstić information content (AvgIpc) is 2.42. The van der Waals surface area contributed by atoms with E-state index in [-0.39, 0.29) is 10.6 Å². The molecule has 1 aromatic rings. The Morgan fingerprint density at radius 3 is 2.40 bits per heavy atom. The zero-order valence-corrected chi connectivity index (χ0v) is 12.6. The van der Waals surface area contributed by atoms with Crippen molar-refractivity contribution in [1.29, 1.82) is 0 Å². The molecule has 4 heteroatoms. The molecule has 0 aromatic heterocycles. The molecule has 0 spiro atoms. The molecule has 1 N–H and O–H groups in total. The van der Waals surface area contributed by atoms with Crippen LogP contribution in [0.2, 0.25) is 0 Å². The van der Waals surface area contributed by atoms with Crippen molar-refractivity contribution < 1.29 is 4.92 Å². The second-order valence-corrected chi connectivity index (χ2v) is 5.98. The van der Waals surface area contributed by atoms with Gasteiger partial charge in [-0.3, -0.25) is 10.1 Å². The Labute approximate surface area is 120 Å². The maximum atomic E-state index is 11.0. The summed E-state index contributed by atoms with van der Waals surface area (Å²) in [6.07, 6.45) is 6.13. The number of benzene rings is 1. The molecule has 4 nitrogen and oxygen atoms in total. The maximum absolute atomic E-state index is 11.0. The fraction of sp³-hybridized carbons (Fsp3) is 0.625. The van der Waals surface area contributed by atoms with Crippen molar-refractivity contribution in [3.05, 3.63) is 33.4 Å². The minimum atomic E-state index is -0.298. The molecule has 0 radical (unpaired) electrons. The standard InChI is InChI=1S/C16H24N2O2/c1-4-13-5-7-14(8-6-13)17-15-10-16(18(19)20)12(3)9-11(15)2/h9-10,13-14,17H,4-8H2,1-3H3. The fourth-order valence-electron chi connectivity index (χ4n) is 3.13. The summed E-state index contributed by atoms with van der Waals surface area (Å²) in [5.74, 6) is 0.863. The highest BCUT2D eigenvalue weighted by Gasteiger charge is 2.21. The topological polar surface area (TPSA) is 55.2 Å². The van der Waals surface area contributed by atoms with Crippen LogP contribution in [0.1, 0.15) is 50.2 Å². The molecule has 1 saturated carbocycles. The van der Waals surface area contributed by atoms with E-state index in [1.165, 1.54) is 32.1 Å². The summed E-state index contributed by atoms with van der Waals surface area (Å²) in [5.41, 5.74) is 2.95. The Kier molecular flexibility index (Phi) is 4.63. The molecule has 0 amide bonds. The highest BCUT2D eigenvalue weighted by atomic mass is 16.6. The van der Waals surface area contributed by atoms with Crippen LogP contribution in [0.3, 0.4) is 0 Å². The molecule has 1 aromatic carbocycles. The van der Waals surface area contributed by atoms with Gasteiger partial charge in [-0.1, -0.05) is 13.3 Å². The lowest BCUT2D eigenvalue weighted by Gasteiger charge is -2.29. The maximum Gasteiger partial charge on any atom is 0.274 e. The second kappa shape index (κ2) is 6.25. The van der Waals surface area contributed by atoms with Crippen molar-refractivity contribution in [3.63, 3.8) is 0 Å². The molecule has 110 valence electrons. The van der Waals surface area contributed by atoms with E-state index < -0.39 is 0 Å². The zero-order valence-electron chi connectivity index (χ0n) is 12.6. The van der Waals surface area contributed by atoms with Gasteiger partial charge in [0.1, 0.15) is 0 Å². The number of nitrogens with one attached hydrogen (secondary N) is 1. The molecule has 1 fully saturated rings. The highest BCUT2D eigenvalue weighted by molar-refractivity contribution is 5.60. The van der Waals surface area contributed by atoms with Gasteiger partial charge in [0, 0.05) is 23.4 Å². The van der Waals surface area contributed by atoms with Gasteiger partial charge in [-0.25, -0.2) is 0 Å². The van der Waals surface area contributed by atoms with E-state index in [4.69, 9.17) is 0 Å². The van der Waals surface area contributed by atoms with Crippen LogP contribution < -0.4 is 5.32 Å². The van der Waals surface area contributed by atoms with Gasteiger partial charge in [0.2, 0.25) is 0 Å². The molecular formula is C16H24N2O2.